The predicted molar refractivity (Wildman–Crippen MR) is 92.7 cm³/mol. The first-order chi connectivity index (χ1) is 11.8. The number of methoxy groups -OCH3 is 1. The molecule has 0 radical (unpaired) electrons. The maximum absolute atomic E-state index is 12.5. The standard InChI is InChI=1S/C17H18N2O5S/c1-13-8-10-15(11-9-13)25(22,23)18-17(21)19(12-16(20)24-2)14-6-4-3-5-7-14/h3-11H,12H2,1-2H3,(H,18,21). The van der Waals surface area contributed by atoms with Gasteiger partial charge in [0.25, 0.3) is 10.0 Å². The number of sulfonamides is 1. The Bertz CT molecular complexity index is 848. The number of nitrogens with zero attached hydrogens (tertiary/aromatic N) is 1. The van der Waals surface area contributed by atoms with Gasteiger partial charge in [-0.25, -0.2) is 17.9 Å². The molecule has 0 aliphatic carbocycles. The summed E-state index contributed by atoms with van der Waals surface area (Å²) in [5.74, 6) is -0.674. The van der Waals surface area contributed by atoms with E-state index in [9.17, 15) is 18.0 Å². The quantitative estimate of drug-likeness (QED) is 0.822. The minimum atomic E-state index is -4.07. The molecule has 0 heterocycles. The zero-order valence-corrected chi connectivity index (χ0v) is 14.6. The fourth-order valence-electron chi connectivity index (χ4n) is 2.03. The van der Waals surface area contributed by atoms with Gasteiger partial charge in [0.2, 0.25) is 0 Å². The van der Waals surface area contributed by atoms with E-state index in [-0.39, 0.29) is 4.90 Å². The van der Waals surface area contributed by atoms with Crippen molar-refractivity contribution < 1.29 is 22.7 Å². The summed E-state index contributed by atoms with van der Waals surface area (Å²) in [6, 6.07) is 13.4. The van der Waals surface area contributed by atoms with E-state index in [0.29, 0.717) is 5.69 Å². The third-order valence-corrected chi connectivity index (χ3v) is 4.72. The van der Waals surface area contributed by atoms with Crippen molar-refractivity contribution in [3.05, 3.63) is 60.2 Å². The third kappa shape index (κ3) is 4.80. The Hall–Kier alpha value is -2.87. The van der Waals surface area contributed by atoms with Crippen LogP contribution in [0.2, 0.25) is 0 Å². The van der Waals surface area contributed by atoms with Crippen molar-refractivity contribution in [3.8, 4) is 0 Å². The first-order valence-corrected chi connectivity index (χ1v) is 8.84. The molecule has 0 aliphatic heterocycles. The number of hydrogen-bond acceptors (Lipinski definition) is 5. The van der Waals surface area contributed by atoms with Crippen molar-refractivity contribution in [2.45, 2.75) is 11.8 Å². The van der Waals surface area contributed by atoms with Crippen LogP contribution in [-0.2, 0) is 19.6 Å². The lowest BCUT2D eigenvalue weighted by Gasteiger charge is -2.21. The molecule has 25 heavy (non-hydrogen) atoms. The number of hydrogen-bond donors (Lipinski definition) is 1. The highest BCUT2D eigenvalue weighted by molar-refractivity contribution is 7.90. The van der Waals surface area contributed by atoms with Gasteiger partial charge in [-0.1, -0.05) is 35.9 Å². The Labute approximate surface area is 146 Å². The van der Waals surface area contributed by atoms with E-state index in [4.69, 9.17) is 0 Å². The van der Waals surface area contributed by atoms with Crippen molar-refractivity contribution in [3.63, 3.8) is 0 Å². The van der Waals surface area contributed by atoms with Gasteiger partial charge in [0.15, 0.2) is 0 Å². The lowest BCUT2D eigenvalue weighted by atomic mass is 10.2. The third-order valence-electron chi connectivity index (χ3n) is 3.38. The molecule has 2 aromatic carbocycles. The highest BCUT2D eigenvalue weighted by Crippen LogP contribution is 2.15. The van der Waals surface area contributed by atoms with Crippen LogP contribution in [0.5, 0.6) is 0 Å². The van der Waals surface area contributed by atoms with Crippen LogP contribution in [0.25, 0.3) is 0 Å². The van der Waals surface area contributed by atoms with Crippen molar-refractivity contribution in [2.24, 2.45) is 0 Å². The molecule has 132 valence electrons. The fourth-order valence-corrected chi connectivity index (χ4v) is 2.98. The van der Waals surface area contributed by atoms with Crippen LogP contribution in [0.1, 0.15) is 5.56 Å². The van der Waals surface area contributed by atoms with Gasteiger partial charge in [0, 0.05) is 5.69 Å². The van der Waals surface area contributed by atoms with Crippen LogP contribution in [0.4, 0.5) is 10.5 Å². The molecule has 8 heteroatoms. The lowest BCUT2D eigenvalue weighted by Crippen LogP contribution is -2.45. The molecule has 2 rings (SSSR count). The summed E-state index contributed by atoms with van der Waals surface area (Å²) in [5, 5.41) is 0. The summed E-state index contributed by atoms with van der Waals surface area (Å²) in [5.41, 5.74) is 1.26. The summed E-state index contributed by atoms with van der Waals surface area (Å²) >= 11 is 0. The van der Waals surface area contributed by atoms with Crippen LogP contribution in [0.15, 0.2) is 59.5 Å². The number of amides is 2. The molecule has 0 aromatic heterocycles. The van der Waals surface area contributed by atoms with Gasteiger partial charge in [-0.2, -0.15) is 0 Å². The lowest BCUT2D eigenvalue weighted by molar-refractivity contribution is -0.138. The van der Waals surface area contributed by atoms with Gasteiger partial charge in [0.1, 0.15) is 6.54 Å². The monoisotopic (exact) mass is 362 g/mol. The summed E-state index contributed by atoms with van der Waals surface area (Å²) in [6.07, 6.45) is 0. The normalized spacial score (nSPS) is 10.8. The number of para-hydroxylation sites is 1. The number of aryl methyl sites for hydroxylation is 1. The molecule has 0 fully saturated rings. The molecule has 1 N–H and O–H groups in total. The molecule has 2 amide bonds. The molecule has 7 nitrogen and oxygen atoms in total. The molecule has 0 bridgehead atoms. The van der Waals surface area contributed by atoms with Gasteiger partial charge < -0.3 is 4.74 Å². The topological polar surface area (TPSA) is 92.8 Å². The second-order valence-corrected chi connectivity index (χ2v) is 6.90. The second-order valence-electron chi connectivity index (χ2n) is 5.22. The van der Waals surface area contributed by atoms with E-state index in [1.54, 1.807) is 42.5 Å². The molecule has 0 saturated heterocycles. The Morgan fingerprint density at radius 1 is 1.04 bits per heavy atom. The summed E-state index contributed by atoms with van der Waals surface area (Å²) in [6.45, 7) is 1.40. The predicted octanol–water partition coefficient (Wildman–Crippen LogP) is 2.07. The van der Waals surface area contributed by atoms with Crippen molar-refractivity contribution in [1.82, 2.24) is 4.72 Å². The van der Waals surface area contributed by atoms with E-state index in [2.05, 4.69) is 4.74 Å². The van der Waals surface area contributed by atoms with Gasteiger partial charge in [-0.3, -0.25) is 9.69 Å². The number of anilines is 1. The highest BCUT2D eigenvalue weighted by Gasteiger charge is 2.25. The maximum atomic E-state index is 12.5. The number of carbonyl (C=O) groups excluding carboxylic acids is 2. The zero-order valence-electron chi connectivity index (χ0n) is 13.8. The second kappa shape index (κ2) is 7.80. The SMILES string of the molecule is COC(=O)CN(C(=O)NS(=O)(=O)c1ccc(C)cc1)c1ccccc1. The summed E-state index contributed by atoms with van der Waals surface area (Å²) in [7, 11) is -2.88. The average Bonchev–Trinajstić information content (AvgIpc) is 2.60. The number of carbonyl (C=O) groups is 2. The van der Waals surface area contributed by atoms with E-state index in [1.807, 2.05) is 11.6 Å². The zero-order chi connectivity index (χ0) is 18.4. The van der Waals surface area contributed by atoms with Crippen LogP contribution < -0.4 is 9.62 Å². The van der Waals surface area contributed by atoms with Gasteiger partial charge >= 0.3 is 12.0 Å². The van der Waals surface area contributed by atoms with Gasteiger partial charge in [0.05, 0.1) is 12.0 Å². The fraction of sp³-hybridized carbons (Fsp3) is 0.176. The Morgan fingerprint density at radius 2 is 1.64 bits per heavy atom. The first-order valence-electron chi connectivity index (χ1n) is 7.36. The first kappa shape index (κ1) is 18.5. The molecule has 0 spiro atoms. The number of esters is 1. The minimum Gasteiger partial charge on any atom is -0.468 e. The van der Waals surface area contributed by atoms with Gasteiger partial charge in [-0.05, 0) is 31.2 Å². The molecular weight excluding hydrogens is 344 g/mol. The molecule has 2 aromatic rings. The number of ether oxygens (including phenoxy) is 1. The number of urea groups is 1. The number of rotatable bonds is 5. The molecular formula is C17H18N2O5S. The number of benzene rings is 2. The Balaban J connectivity index is 2.27. The van der Waals surface area contributed by atoms with E-state index in [0.717, 1.165) is 10.5 Å². The molecule has 0 aliphatic rings. The van der Waals surface area contributed by atoms with Crippen LogP contribution >= 0.6 is 0 Å². The maximum Gasteiger partial charge on any atom is 0.336 e. The summed E-state index contributed by atoms with van der Waals surface area (Å²) in [4.78, 5) is 25.0. The Morgan fingerprint density at radius 3 is 2.20 bits per heavy atom. The van der Waals surface area contributed by atoms with Crippen LogP contribution in [0.3, 0.4) is 0 Å². The largest absolute Gasteiger partial charge is 0.468 e. The van der Waals surface area contributed by atoms with E-state index >= 15 is 0 Å². The van der Waals surface area contributed by atoms with Crippen molar-refractivity contribution in [2.75, 3.05) is 18.6 Å². The van der Waals surface area contributed by atoms with Crippen molar-refractivity contribution >= 4 is 27.7 Å². The van der Waals surface area contributed by atoms with Gasteiger partial charge in [-0.15, -0.1) is 0 Å². The van der Waals surface area contributed by atoms with E-state index in [1.165, 1.54) is 19.2 Å². The summed E-state index contributed by atoms with van der Waals surface area (Å²) < 4.78 is 31.3. The van der Waals surface area contributed by atoms with E-state index < -0.39 is 28.6 Å². The number of nitrogens with one attached hydrogen (secondary N) is 1. The molecule has 0 unspecified atom stereocenters. The Kier molecular flexibility index (Phi) is 5.76. The smallest absolute Gasteiger partial charge is 0.336 e. The van der Waals surface area contributed by atoms with Crippen molar-refractivity contribution in [1.29, 1.82) is 0 Å². The average molecular weight is 362 g/mol. The van der Waals surface area contributed by atoms with Crippen LogP contribution in [0, 0.1) is 6.92 Å². The molecule has 0 atom stereocenters. The molecule has 0 saturated carbocycles. The highest BCUT2D eigenvalue weighted by atomic mass is 32.2. The van der Waals surface area contributed by atoms with Crippen LogP contribution in [-0.4, -0.2) is 34.1 Å². The minimum absolute atomic E-state index is 0.0440.